The maximum atomic E-state index is 13.1. The summed E-state index contributed by atoms with van der Waals surface area (Å²) in [6.07, 6.45) is 0.0329. The van der Waals surface area contributed by atoms with Gasteiger partial charge < -0.3 is 4.74 Å². The maximum Gasteiger partial charge on any atom is 0.167 e. The van der Waals surface area contributed by atoms with Gasteiger partial charge in [0.2, 0.25) is 0 Å². The predicted octanol–water partition coefficient (Wildman–Crippen LogP) is 3.79. The fourth-order valence-corrected chi connectivity index (χ4v) is 1.84. The minimum absolute atomic E-state index is 0.0329. The van der Waals surface area contributed by atoms with E-state index < -0.39 is 11.6 Å². The zero-order valence-corrected chi connectivity index (χ0v) is 11.0. The quantitative estimate of drug-likeness (QED) is 0.777. The highest BCUT2D eigenvalue weighted by Crippen LogP contribution is 2.15. The van der Waals surface area contributed by atoms with Crippen molar-refractivity contribution < 1.29 is 18.3 Å². The van der Waals surface area contributed by atoms with Crippen LogP contribution in [0.15, 0.2) is 42.5 Å². The molecule has 0 aliphatic heterocycles. The van der Waals surface area contributed by atoms with Gasteiger partial charge in [0, 0.05) is 12.0 Å². The Morgan fingerprint density at radius 2 is 1.75 bits per heavy atom. The molecule has 0 atom stereocenters. The van der Waals surface area contributed by atoms with Crippen LogP contribution in [0.1, 0.15) is 22.8 Å². The van der Waals surface area contributed by atoms with Crippen molar-refractivity contribution >= 4 is 5.78 Å². The Morgan fingerprint density at radius 3 is 2.35 bits per heavy atom. The second-order valence-corrected chi connectivity index (χ2v) is 4.31. The van der Waals surface area contributed by atoms with Crippen molar-refractivity contribution in [2.24, 2.45) is 0 Å². The van der Waals surface area contributed by atoms with E-state index in [4.69, 9.17) is 4.74 Å². The van der Waals surface area contributed by atoms with Crippen molar-refractivity contribution in [2.45, 2.75) is 13.3 Å². The topological polar surface area (TPSA) is 26.3 Å². The van der Waals surface area contributed by atoms with Crippen molar-refractivity contribution in [1.82, 2.24) is 0 Å². The van der Waals surface area contributed by atoms with Gasteiger partial charge in [-0.2, -0.15) is 0 Å². The minimum Gasteiger partial charge on any atom is -0.494 e. The molecule has 0 amide bonds. The van der Waals surface area contributed by atoms with Crippen LogP contribution >= 0.6 is 0 Å². The van der Waals surface area contributed by atoms with E-state index in [-0.39, 0.29) is 12.2 Å². The van der Waals surface area contributed by atoms with Crippen molar-refractivity contribution in [3.05, 3.63) is 65.2 Å². The molecule has 0 saturated carbocycles. The van der Waals surface area contributed by atoms with Gasteiger partial charge in [0.1, 0.15) is 5.75 Å². The van der Waals surface area contributed by atoms with Crippen LogP contribution in [0.2, 0.25) is 0 Å². The first-order valence-corrected chi connectivity index (χ1v) is 6.30. The number of hydrogen-bond acceptors (Lipinski definition) is 2. The van der Waals surface area contributed by atoms with Gasteiger partial charge in [-0.1, -0.05) is 6.07 Å². The third kappa shape index (κ3) is 3.41. The molecule has 2 aromatic rings. The molecule has 104 valence electrons. The number of carbonyl (C=O) groups is 1. The number of benzene rings is 2. The third-order valence-electron chi connectivity index (χ3n) is 2.84. The molecule has 0 bridgehead atoms. The van der Waals surface area contributed by atoms with E-state index in [1.54, 1.807) is 24.3 Å². The molecule has 0 N–H and O–H groups in total. The molecule has 2 rings (SSSR count). The lowest BCUT2D eigenvalue weighted by atomic mass is 10.0. The first-order chi connectivity index (χ1) is 9.60. The van der Waals surface area contributed by atoms with Crippen LogP contribution in [0.5, 0.6) is 5.75 Å². The van der Waals surface area contributed by atoms with Gasteiger partial charge in [-0.15, -0.1) is 0 Å². The molecule has 0 aliphatic carbocycles. The summed E-state index contributed by atoms with van der Waals surface area (Å²) in [4.78, 5) is 12.0. The first-order valence-electron chi connectivity index (χ1n) is 6.30. The lowest BCUT2D eigenvalue weighted by Crippen LogP contribution is -2.04. The van der Waals surface area contributed by atoms with Gasteiger partial charge in [0.05, 0.1) is 6.61 Å². The number of rotatable bonds is 5. The van der Waals surface area contributed by atoms with Gasteiger partial charge in [-0.3, -0.25) is 4.79 Å². The molecule has 0 heterocycles. The largest absolute Gasteiger partial charge is 0.494 e. The van der Waals surface area contributed by atoms with Crippen LogP contribution in [0.4, 0.5) is 8.78 Å². The van der Waals surface area contributed by atoms with Gasteiger partial charge in [-0.05, 0) is 48.9 Å². The summed E-state index contributed by atoms with van der Waals surface area (Å²) in [5.74, 6) is -1.32. The predicted molar refractivity (Wildman–Crippen MR) is 72.0 cm³/mol. The fraction of sp³-hybridized carbons (Fsp3) is 0.188. The highest BCUT2D eigenvalue weighted by Gasteiger charge is 2.09. The summed E-state index contributed by atoms with van der Waals surface area (Å²) >= 11 is 0. The van der Waals surface area contributed by atoms with Gasteiger partial charge in [0.15, 0.2) is 17.4 Å². The summed E-state index contributed by atoms with van der Waals surface area (Å²) in [5, 5.41) is 0. The molecule has 0 fully saturated rings. The van der Waals surface area contributed by atoms with E-state index in [9.17, 15) is 13.6 Å². The second-order valence-electron chi connectivity index (χ2n) is 4.31. The number of Topliss-reactive ketones (excluding diaryl/α,β-unsaturated/α-hetero) is 1. The maximum absolute atomic E-state index is 13.1. The monoisotopic (exact) mass is 276 g/mol. The van der Waals surface area contributed by atoms with E-state index in [0.717, 1.165) is 12.1 Å². The number of hydrogen-bond donors (Lipinski definition) is 0. The lowest BCUT2D eigenvalue weighted by Gasteiger charge is -2.05. The van der Waals surface area contributed by atoms with Crippen molar-refractivity contribution in [3.63, 3.8) is 0 Å². The summed E-state index contributed by atoms with van der Waals surface area (Å²) in [6.45, 7) is 2.43. The number of halogens is 2. The molecular weight excluding hydrogens is 262 g/mol. The van der Waals surface area contributed by atoms with Crippen LogP contribution in [0, 0.1) is 11.6 Å². The highest BCUT2D eigenvalue weighted by molar-refractivity contribution is 5.97. The Hall–Kier alpha value is -2.23. The fourth-order valence-electron chi connectivity index (χ4n) is 1.84. The first kappa shape index (κ1) is 14.2. The number of ketones is 1. The van der Waals surface area contributed by atoms with Crippen LogP contribution in [-0.4, -0.2) is 12.4 Å². The van der Waals surface area contributed by atoms with E-state index in [0.29, 0.717) is 23.5 Å². The van der Waals surface area contributed by atoms with Crippen molar-refractivity contribution in [2.75, 3.05) is 6.61 Å². The summed E-state index contributed by atoms with van der Waals surface area (Å²) < 4.78 is 31.2. The molecule has 0 aliphatic rings. The number of carbonyl (C=O) groups excluding carboxylic acids is 1. The van der Waals surface area contributed by atoms with Gasteiger partial charge >= 0.3 is 0 Å². The Labute approximate surface area is 116 Å². The lowest BCUT2D eigenvalue weighted by molar-refractivity contribution is 0.0993. The van der Waals surface area contributed by atoms with E-state index in [1.807, 2.05) is 6.92 Å². The normalized spacial score (nSPS) is 10.3. The van der Waals surface area contributed by atoms with Gasteiger partial charge in [-0.25, -0.2) is 8.78 Å². The summed E-state index contributed by atoms with van der Waals surface area (Å²) in [6, 6.07) is 10.2. The Morgan fingerprint density at radius 1 is 1.05 bits per heavy atom. The molecule has 0 aromatic heterocycles. The van der Waals surface area contributed by atoms with E-state index in [1.165, 1.54) is 6.07 Å². The highest BCUT2D eigenvalue weighted by atomic mass is 19.2. The molecule has 20 heavy (non-hydrogen) atoms. The smallest absolute Gasteiger partial charge is 0.167 e. The summed E-state index contributed by atoms with van der Waals surface area (Å²) in [7, 11) is 0. The molecule has 2 aromatic carbocycles. The second kappa shape index (κ2) is 6.28. The summed E-state index contributed by atoms with van der Waals surface area (Å²) in [5.41, 5.74) is 0.959. The molecule has 4 heteroatoms. The van der Waals surface area contributed by atoms with Crippen LogP contribution in [0.25, 0.3) is 0 Å². The third-order valence-corrected chi connectivity index (χ3v) is 2.84. The average Bonchev–Trinajstić information content (AvgIpc) is 2.44. The Kier molecular flexibility index (Phi) is 4.45. The van der Waals surface area contributed by atoms with Gasteiger partial charge in [0.25, 0.3) is 0 Å². The Bertz CT molecular complexity index is 606. The van der Waals surface area contributed by atoms with E-state index >= 15 is 0 Å². The van der Waals surface area contributed by atoms with Crippen LogP contribution in [0.3, 0.4) is 0 Å². The zero-order valence-electron chi connectivity index (χ0n) is 11.0. The van der Waals surface area contributed by atoms with Crippen molar-refractivity contribution in [3.8, 4) is 5.75 Å². The zero-order chi connectivity index (χ0) is 14.5. The van der Waals surface area contributed by atoms with E-state index in [2.05, 4.69) is 0 Å². The standard InChI is InChI=1S/C16H14F2O2/c1-2-20-13-6-4-12(5-7-13)16(19)10-11-3-8-14(17)15(18)9-11/h3-9H,2,10H2,1H3. The Balaban J connectivity index is 2.09. The molecule has 0 saturated heterocycles. The molecule has 0 radical (unpaired) electrons. The molecule has 2 nitrogen and oxygen atoms in total. The van der Waals surface area contributed by atoms with Crippen molar-refractivity contribution in [1.29, 1.82) is 0 Å². The molecular formula is C16H14F2O2. The molecule has 0 spiro atoms. The average molecular weight is 276 g/mol. The minimum atomic E-state index is -0.943. The number of ether oxygens (including phenoxy) is 1. The molecule has 0 unspecified atom stereocenters. The SMILES string of the molecule is CCOc1ccc(C(=O)Cc2ccc(F)c(F)c2)cc1. The van der Waals surface area contributed by atoms with Crippen LogP contribution < -0.4 is 4.74 Å². The van der Waals surface area contributed by atoms with Crippen LogP contribution in [-0.2, 0) is 6.42 Å².